The fraction of sp³-hybridized carbons (Fsp3) is 0.333. The number of aromatic nitrogens is 1. The Morgan fingerprint density at radius 2 is 1.91 bits per heavy atom. The Bertz CT molecular complexity index is 675. The molecule has 1 amide bonds. The van der Waals surface area contributed by atoms with Gasteiger partial charge in [0, 0.05) is 43.2 Å². The second-order valence-corrected chi connectivity index (χ2v) is 5.73. The van der Waals surface area contributed by atoms with Crippen LogP contribution in [0.3, 0.4) is 0 Å². The molecule has 1 aromatic heterocycles. The Morgan fingerprint density at radius 1 is 1.17 bits per heavy atom. The molecule has 0 spiro atoms. The van der Waals surface area contributed by atoms with E-state index in [0.717, 1.165) is 24.4 Å². The minimum absolute atomic E-state index is 0.0559. The van der Waals surface area contributed by atoms with E-state index in [2.05, 4.69) is 23.0 Å². The van der Waals surface area contributed by atoms with E-state index in [-0.39, 0.29) is 11.9 Å². The average molecular weight is 311 g/mol. The summed E-state index contributed by atoms with van der Waals surface area (Å²) in [5.74, 6) is 0.919. The molecule has 1 fully saturated rings. The summed E-state index contributed by atoms with van der Waals surface area (Å²) in [4.78, 5) is 20.8. The van der Waals surface area contributed by atoms with Crippen molar-refractivity contribution in [2.24, 2.45) is 0 Å². The van der Waals surface area contributed by atoms with E-state index < -0.39 is 0 Å². The van der Waals surface area contributed by atoms with E-state index in [1.165, 1.54) is 0 Å². The molecule has 0 bridgehead atoms. The number of hydrogen-bond acceptors (Lipinski definition) is 4. The van der Waals surface area contributed by atoms with Crippen LogP contribution in [-0.4, -0.2) is 54.5 Å². The van der Waals surface area contributed by atoms with Crippen LogP contribution in [0.5, 0.6) is 5.75 Å². The van der Waals surface area contributed by atoms with Crippen molar-refractivity contribution in [2.45, 2.75) is 6.04 Å². The van der Waals surface area contributed by atoms with Gasteiger partial charge in [-0.3, -0.25) is 14.7 Å². The lowest BCUT2D eigenvalue weighted by molar-refractivity contribution is 0.0542. The summed E-state index contributed by atoms with van der Waals surface area (Å²) in [7, 11) is 3.77. The molecule has 0 aliphatic carbocycles. The minimum atomic E-state index is 0.0559. The summed E-state index contributed by atoms with van der Waals surface area (Å²) >= 11 is 0. The molecule has 2 aromatic rings. The van der Waals surface area contributed by atoms with Gasteiger partial charge in [-0.1, -0.05) is 18.2 Å². The maximum Gasteiger partial charge on any atom is 0.254 e. The lowest BCUT2D eigenvalue weighted by Gasteiger charge is -2.40. The van der Waals surface area contributed by atoms with Gasteiger partial charge in [0.2, 0.25) is 0 Å². The standard InChI is InChI=1S/C18H21N3O2/c1-20-11-12-21(18(22)14-7-9-19-10-8-14)13-16(20)15-5-3-4-6-17(15)23-2/h3-10,16H,11-13H2,1-2H3/t16-/m0/s1. The highest BCUT2D eigenvalue weighted by molar-refractivity contribution is 5.94. The normalized spacial score (nSPS) is 18.7. The van der Waals surface area contributed by atoms with Crippen molar-refractivity contribution in [3.05, 3.63) is 59.9 Å². The largest absolute Gasteiger partial charge is 0.496 e. The van der Waals surface area contributed by atoms with E-state index >= 15 is 0 Å². The van der Waals surface area contributed by atoms with Gasteiger partial charge in [-0.15, -0.1) is 0 Å². The number of likely N-dealkylation sites (N-methyl/N-ethyl adjacent to an activating group) is 1. The Kier molecular flexibility index (Phi) is 4.57. The molecule has 0 unspecified atom stereocenters. The molecule has 1 aliphatic rings. The summed E-state index contributed by atoms with van der Waals surface area (Å²) < 4.78 is 5.49. The number of nitrogens with zero attached hydrogens (tertiary/aromatic N) is 3. The SMILES string of the molecule is COc1ccccc1[C@@H]1CN(C(=O)c2ccncc2)CCN1C. The molecule has 120 valence electrons. The van der Waals surface area contributed by atoms with Crippen LogP contribution >= 0.6 is 0 Å². The number of carbonyl (C=O) groups excluding carboxylic acids is 1. The molecular formula is C18H21N3O2. The first-order chi connectivity index (χ1) is 11.2. The van der Waals surface area contributed by atoms with Gasteiger partial charge >= 0.3 is 0 Å². The summed E-state index contributed by atoms with van der Waals surface area (Å²) in [6, 6.07) is 11.7. The molecule has 1 aromatic carbocycles. The first-order valence-electron chi connectivity index (χ1n) is 7.73. The Hall–Kier alpha value is -2.40. The third-order valence-corrected chi connectivity index (χ3v) is 4.36. The molecule has 0 N–H and O–H groups in total. The van der Waals surface area contributed by atoms with Crippen LogP contribution in [0, 0.1) is 0 Å². The van der Waals surface area contributed by atoms with Gasteiger partial charge in [-0.25, -0.2) is 0 Å². The molecule has 23 heavy (non-hydrogen) atoms. The second-order valence-electron chi connectivity index (χ2n) is 5.73. The smallest absolute Gasteiger partial charge is 0.254 e. The monoisotopic (exact) mass is 311 g/mol. The van der Waals surface area contributed by atoms with Crippen molar-refractivity contribution >= 4 is 5.91 Å². The molecule has 5 nitrogen and oxygen atoms in total. The predicted octanol–water partition coefficient (Wildman–Crippen LogP) is 2.22. The fourth-order valence-electron chi connectivity index (χ4n) is 3.01. The number of para-hydroxylation sites is 1. The highest BCUT2D eigenvalue weighted by Crippen LogP contribution is 2.31. The number of carbonyl (C=O) groups is 1. The third-order valence-electron chi connectivity index (χ3n) is 4.36. The van der Waals surface area contributed by atoms with E-state index in [1.54, 1.807) is 31.6 Å². The summed E-state index contributed by atoms with van der Waals surface area (Å²) in [6.45, 7) is 2.21. The van der Waals surface area contributed by atoms with Crippen molar-refractivity contribution in [3.63, 3.8) is 0 Å². The van der Waals surface area contributed by atoms with Gasteiger partial charge < -0.3 is 9.64 Å². The number of pyridine rings is 1. The van der Waals surface area contributed by atoms with Gasteiger partial charge in [0.15, 0.2) is 0 Å². The van der Waals surface area contributed by atoms with Crippen LogP contribution in [-0.2, 0) is 0 Å². The third kappa shape index (κ3) is 3.19. The van der Waals surface area contributed by atoms with Gasteiger partial charge in [0.05, 0.1) is 13.2 Å². The van der Waals surface area contributed by atoms with E-state index in [9.17, 15) is 4.79 Å². The summed E-state index contributed by atoms with van der Waals surface area (Å²) in [5.41, 5.74) is 1.80. The lowest BCUT2D eigenvalue weighted by Crippen LogP contribution is -2.49. The van der Waals surface area contributed by atoms with Crippen molar-refractivity contribution in [1.82, 2.24) is 14.8 Å². The molecular weight excluding hydrogens is 290 g/mol. The Balaban J connectivity index is 1.83. The molecule has 5 heteroatoms. The van der Waals surface area contributed by atoms with E-state index in [4.69, 9.17) is 4.74 Å². The maximum atomic E-state index is 12.7. The summed E-state index contributed by atoms with van der Waals surface area (Å²) in [6.07, 6.45) is 3.31. The zero-order valence-electron chi connectivity index (χ0n) is 13.5. The quantitative estimate of drug-likeness (QED) is 0.872. The first-order valence-corrected chi connectivity index (χ1v) is 7.73. The second kappa shape index (κ2) is 6.79. The zero-order chi connectivity index (χ0) is 16.2. The molecule has 3 rings (SSSR count). The van der Waals surface area contributed by atoms with Crippen LogP contribution in [0.1, 0.15) is 22.0 Å². The Morgan fingerprint density at radius 3 is 2.65 bits per heavy atom. The van der Waals surface area contributed by atoms with Crippen molar-refractivity contribution < 1.29 is 9.53 Å². The number of piperazine rings is 1. The summed E-state index contributed by atoms with van der Waals surface area (Å²) in [5, 5.41) is 0. The van der Waals surface area contributed by atoms with E-state index in [1.807, 2.05) is 23.1 Å². The van der Waals surface area contributed by atoms with Gasteiger partial charge in [0.1, 0.15) is 5.75 Å². The minimum Gasteiger partial charge on any atom is -0.496 e. The first kappa shape index (κ1) is 15.5. The van der Waals surface area contributed by atoms with Crippen LogP contribution in [0.25, 0.3) is 0 Å². The van der Waals surface area contributed by atoms with Crippen LogP contribution in [0.15, 0.2) is 48.8 Å². The fourth-order valence-corrected chi connectivity index (χ4v) is 3.01. The molecule has 1 aliphatic heterocycles. The number of rotatable bonds is 3. The molecule has 1 atom stereocenters. The number of hydrogen-bond donors (Lipinski definition) is 0. The highest BCUT2D eigenvalue weighted by atomic mass is 16.5. The zero-order valence-corrected chi connectivity index (χ0v) is 13.5. The van der Waals surface area contributed by atoms with Crippen molar-refractivity contribution in [1.29, 1.82) is 0 Å². The molecule has 0 radical (unpaired) electrons. The number of methoxy groups -OCH3 is 1. The topological polar surface area (TPSA) is 45.7 Å². The van der Waals surface area contributed by atoms with Crippen LogP contribution < -0.4 is 4.74 Å². The van der Waals surface area contributed by atoms with Crippen LogP contribution in [0.2, 0.25) is 0 Å². The van der Waals surface area contributed by atoms with Gasteiger partial charge in [-0.2, -0.15) is 0 Å². The molecule has 0 saturated carbocycles. The van der Waals surface area contributed by atoms with Crippen LogP contribution in [0.4, 0.5) is 0 Å². The van der Waals surface area contributed by atoms with Crippen molar-refractivity contribution in [3.8, 4) is 5.75 Å². The number of amides is 1. The highest BCUT2D eigenvalue weighted by Gasteiger charge is 2.30. The predicted molar refractivity (Wildman–Crippen MR) is 88.5 cm³/mol. The molecule has 2 heterocycles. The van der Waals surface area contributed by atoms with Gasteiger partial charge in [0.25, 0.3) is 5.91 Å². The Labute approximate surface area is 136 Å². The molecule has 1 saturated heterocycles. The van der Waals surface area contributed by atoms with Crippen molar-refractivity contribution in [2.75, 3.05) is 33.8 Å². The van der Waals surface area contributed by atoms with E-state index in [0.29, 0.717) is 12.1 Å². The van der Waals surface area contributed by atoms with Gasteiger partial charge in [-0.05, 0) is 25.2 Å². The number of ether oxygens (including phenoxy) is 1. The lowest BCUT2D eigenvalue weighted by atomic mass is 10.0. The maximum absolute atomic E-state index is 12.7. The number of benzene rings is 1. The average Bonchev–Trinajstić information content (AvgIpc) is 2.62.